The Balaban J connectivity index is 1.82. The van der Waals surface area contributed by atoms with Gasteiger partial charge in [0.2, 0.25) is 0 Å². The van der Waals surface area contributed by atoms with Crippen LogP contribution in [0.3, 0.4) is 0 Å². The molecule has 2 rings (SSSR count). The number of carboxylic acid groups (broad SMARTS) is 1. The largest absolute Gasteiger partial charge is 0.480 e. The monoisotopic (exact) mass is 381 g/mol. The number of nitrogens with zero attached hydrogens (tertiary/aromatic N) is 2. The number of nitrogens with one attached hydrogen (secondary N) is 1. The Labute approximate surface area is 159 Å². The van der Waals surface area contributed by atoms with E-state index in [2.05, 4.69) is 10.2 Å². The Kier molecular flexibility index (Phi) is 7.15. The third-order valence-corrected chi connectivity index (χ3v) is 4.29. The Morgan fingerprint density at radius 3 is 2.30 bits per heavy atom. The summed E-state index contributed by atoms with van der Waals surface area (Å²) in [6.45, 7) is 8.50. The molecule has 0 aromatic heterocycles. The van der Waals surface area contributed by atoms with Crippen LogP contribution in [0.4, 0.5) is 9.18 Å². The van der Waals surface area contributed by atoms with E-state index < -0.39 is 23.7 Å². The molecular weight excluding hydrogens is 353 g/mol. The molecule has 7 nitrogen and oxygen atoms in total. The second kappa shape index (κ2) is 9.14. The maximum Gasteiger partial charge on any atom is 0.407 e. The summed E-state index contributed by atoms with van der Waals surface area (Å²) in [4.78, 5) is 27.4. The summed E-state index contributed by atoms with van der Waals surface area (Å²) in [6.07, 6.45) is -0.622. The zero-order valence-corrected chi connectivity index (χ0v) is 16.1. The van der Waals surface area contributed by atoms with Gasteiger partial charge in [-0.05, 0) is 38.5 Å². The number of carboxylic acids is 1. The van der Waals surface area contributed by atoms with Gasteiger partial charge in [-0.15, -0.1) is 0 Å². The third kappa shape index (κ3) is 7.15. The SMILES string of the molecule is CC(C)(C)OC(=O)NC[C@@H](C(=O)O)N1CCN(Cc2ccc(F)cc2)CC1. The summed E-state index contributed by atoms with van der Waals surface area (Å²) in [6, 6.07) is 5.59. The predicted octanol–water partition coefficient (Wildman–Crippen LogP) is 1.92. The van der Waals surface area contributed by atoms with Crippen LogP contribution in [-0.4, -0.2) is 71.3 Å². The minimum Gasteiger partial charge on any atom is -0.480 e. The topological polar surface area (TPSA) is 82.1 Å². The van der Waals surface area contributed by atoms with Gasteiger partial charge in [0.1, 0.15) is 17.5 Å². The number of carbonyl (C=O) groups excluding carboxylic acids is 1. The number of hydrogen-bond acceptors (Lipinski definition) is 5. The summed E-state index contributed by atoms with van der Waals surface area (Å²) in [5.41, 5.74) is 0.389. The Hall–Kier alpha value is -2.19. The van der Waals surface area contributed by atoms with Gasteiger partial charge in [-0.2, -0.15) is 0 Å². The molecule has 1 aromatic carbocycles. The molecule has 1 aliphatic rings. The molecule has 1 saturated heterocycles. The van der Waals surface area contributed by atoms with Crippen molar-refractivity contribution in [2.45, 2.75) is 39.0 Å². The molecule has 1 fully saturated rings. The number of piperazine rings is 1. The smallest absolute Gasteiger partial charge is 0.407 e. The van der Waals surface area contributed by atoms with E-state index in [1.807, 2.05) is 4.90 Å². The number of carbonyl (C=O) groups is 2. The molecule has 1 amide bonds. The molecule has 150 valence electrons. The minimum absolute atomic E-state index is 0.0117. The first-order valence-corrected chi connectivity index (χ1v) is 9.04. The zero-order chi connectivity index (χ0) is 20.0. The molecule has 1 aromatic rings. The number of benzene rings is 1. The summed E-state index contributed by atoms with van der Waals surface area (Å²) >= 11 is 0. The van der Waals surface area contributed by atoms with Crippen LogP contribution in [0.5, 0.6) is 0 Å². The first-order chi connectivity index (χ1) is 12.6. The van der Waals surface area contributed by atoms with Crippen molar-refractivity contribution in [1.82, 2.24) is 15.1 Å². The van der Waals surface area contributed by atoms with Crippen LogP contribution in [0.1, 0.15) is 26.3 Å². The van der Waals surface area contributed by atoms with E-state index >= 15 is 0 Å². The first-order valence-electron chi connectivity index (χ1n) is 9.04. The molecule has 1 heterocycles. The number of alkyl carbamates (subject to hydrolysis) is 1. The lowest BCUT2D eigenvalue weighted by Crippen LogP contribution is -2.56. The lowest BCUT2D eigenvalue weighted by molar-refractivity contribution is -0.143. The fourth-order valence-electron chi connectivity index (χ4n) is 2.95. The second-order valence-electron chi connectivity index (χ2n) is 7.68. The van der Waals surface area contributed by atoms with Crippen molar-refractivity contribution in [3.05, 3.63) is 35.6 Å². The lowest BCUT2D eigenvalue weighted by atomic mass is 10.1. The zero-order valence-electron chi connectivity index (χ0n) is 16.1. The summed E-state index contributed by atoms with van der Waals surface area (Å²) in [7, 11) is 0. The van der Waals surface area contributed by atoms with Gasteiger partial charge >= 0.3 is 12.1 Å². The van der Waals surface area contributed by atoms with E-state index in [1.54, 1.807) is 32.9 Å². The van der Waals surface area contributed by atoms with Crippen LogP contribution in [0.25, 0.3) is 0 Å². The number of hydrogen-bond donors (Lipinski definition) is 2. The summed E-state index contributed by atoms with van der Waals surface area (Å²) < 4.78 is 18.1. The molecule has 1 aliphatic heterocycles. The Morgan fingerprint density at radius 1 is 1.19 bits per heavy atom. The quantitative estimate of drug-likeness (QED) is 0.784. The maximum absolute atomic E-state index is 13.0. The summed E-state index contributed by atoms with van der Waals surface area (Å²) in [5, 5.41) is 12.1. The standard InChI is InChI=1S/C19H28FN3O4/c1-19(2,3)27-18(26)21-12-16(17(24)25)23-10-8-22(9-11-23)13-14-4-6-15(20)7-5-14/h4-7,16H,8-13H2,1-3H3,(H,21,26)(H,24,25)/t16-/m0/s1. The van der Waals surface area contributed by atoms with E-state index in [-0.39, 0.29) is 12.4 Å². The predicted molar refractivity (Wildman–Crippen MR) is 98.9 cm³/mol. The number of halogens is 1. The molecule has 8 heteroatoms. The molecule has 0 saturated carbocycles. The number of aliphatic carboxylic acids is 1. The molecule has 0 unspecified atom stereocenters. The van der Waals surface area contributed by atoms with Gasteiger partial charge in [0.25, 0.3) is 0 Å². The fourth-order valence-corrected chi connectivity index (χ4v) is 2.95. The maximum atomic E-state index is 13.0. The lowest BCUT2D eigenvalue weighted by Gasteiger charge is -2.37. The van der Waals surface area contributed by atoms with Gasteiger partial charge in [0, 0.05) is 39.3 Å². The normalized spacial score (nSPS) is 17.3. The average molecular weight is 381 g/mol. The number of amides is 1. The van der Waals surface area contributed by atoms with E-state index in [0.29, 0.717) is 32.7 Å². The van der Waals surface area contributed by atoms with Crippen LogP contribution in [0, 0.1) is 5.82 Å². The second-order valence-corrected chi connectivity index (χ2v) is 7.68. The van der Waals surface area contributed by atoms with E-state index in [4.69, 9.17) is 4.74 Å². The van der Waals surface area contributed by atoms with Crippen LogP contribution >= 0.6 is 0 Å². The van der Waals surface area contributed by atoms with Crippen molar-refractivity contribution in [3.8, 4) is 0 Å². The van der Waals surface area contributed by atoms with Gasteiger partial charge in [-0.3, -0.25) is 14.6 Å². The number of ether oxygens (including phenoxy) is 1. The summed E-state index contributed by atoms with van der Waals surface area (Å²) in [5.74, 6) is -1.23. The van der Waals surface area contributed by atoms with Crippen molar-refractivity contribution in [2.24, 2.45) is 0 Å². The molecule has 27 heavy (non-hydrogen) atoms. The van der Waals surface area contributed by atoms with Gasteiger partial charge in [0.05, 0.1) is 0 Å². The highest BCUT2D eigenvalue weighted by Crippen LogP contribution is 2.12. The molecule has 0 radical (unpaired) electrons. The Morgan fingerprint density at radius 2 is 1.78 bits per heavy atom. The van der Waals surface area contributed by atoms with Crippen LogP contribution in [0.15, 0.2) is 24.3 Å². The van der Waals surface area contributed by atoms with Crippen LogP contribution < -0.4 is 5.32 Å². The highest BCUT2D eigenvalue weighted by molar-refractivity contribution is 5.75. The van der Waals surface area contributed by atoms with Gasteiger partial charge in [0.15, 0.2) is 0 Å². The molecule has 2 N–H and O–H groups in total. The molecular formula is C19H28FN3O4. The van der Waals surface area contributed by atoms with Gasteiger partial charge in [-0.1, -0.05) is 12.1 Å². The molecule has 1 atom stereocenters. The van der Waals surface area contributed by atoms with Gasteiger partial charge in [-0.25, -0.2) is 9.18 Å². The molecule has 0 spiro atoms. The van der Waals surface area contributed by atoms with Crippen molar-refractivity contribution >= 4 is 12.1 Å². The van der Waals surface area contributed by atoms with Crippen molar-refractivity contribution in [3.63, 3.8) is 0 Å². The highest BCUT2D eigenvalue weighted by atomic mass is 19.1. The third-order valence-electron chi connectivity index (χ3n) is 4.29. The fraction of sp³-hybridized carbons (Fsp3) is 0.579. The molecule has 0 bridgehead atoms. The molecule has 0 aliphatic carbocycles. The van der Waals surface area contributed by atoms with Crippen molar-refractivity contribution < 1.29 is 23.8 Å². The first kappa shape index (κ1) is 21.1. The van der Waals surface area contributed by atoms with Crippen molar-refractivity contribution in [2.75, 3.05) is 32.7 Å². The Bertz CT molecular complexity index is 637. The average Bonchev–Trinajstić information content (AvgIpc) is 2.56. The van der Waals surface area contributed by atoms with Crippen molar-refractivity contribution in [1.29, 1.82) is 0 Å². The van der Waals surface area contributed by atoms with E-state index in [9.17, 15) is 19.1 Å². The van der Waals surface area contributed by atoms with E-state index in [0.717, 1.165) is 5.56 Å². The van der Waals surface area contributed by atoms with E-state index in [1.165, 1.54) is 12.1 Å². The van der Waals surface area contributed by atoms with Gasteiger partial charge < -0.3 is 15.2 Å². The minimum atomic E-state index is -0.974. The highest BCUT2D eigenvalue weighted by Gasteiger charge is 2.29. The number of rotatable bonds is 6. The van der Waals surface area contributed by atoms with Crippen LogP contribution in [0.2, 0.25) is 0 Å². The van der Waals surface area contributed by atoms with Crippen LogP contribution in [-0.2, 0) is 16.1 Å².